The van der Waals surface area contributed by atoms with E-state index in [2.05, 4.69) is 10.3 Å². The fourth-order valence-corrected chi connectivity index (χ4v) is 1.53. The largest absolute Gasteiger partial charge is 0.493 e. The number of hydrogen-bond donors (Lipinski definition) is 1. The minimum absolute atomic E-state index is 0.346. The Morgan fingerprint density at radius 1 is 1.64 bits per heavy atom. The molecular formula is C10H13FN2O. The number of aromatic nitrogens is 1. The predicted molar refractivity (Wildman–Crippen MR) is 51.1 cm³/mol. The van der Waals surface area contributed by atoms with E-state index in [9.17, 15) is 4.39 Å². The molecule has 1 aliphatic heterocycles. The molecule has 1 aromatic rings. The van der Waals surface area contributed by atoms with Gasteiger partial charge in [0.2, 0.25) is 0 Å². The van der Waals surface area contributed by atoms with Crippen molar-refractivity contribution >= 4 is 0 Å². The summed E-state index contributed by atoms with van der Waals surface area (Å²) in [6.07, 6.45) is 3.16. The lowest BCUT2D eigenvalue weighted by atomic mass is 9.91. The number of pyridine rings is 1. The van der Waals surface area contributed by atoms with Crippen molar-refractivity contribution in [2.45, 2.75) is 12.6 Å². The van der Waals surface area contributed by atoms with Crippen molar-refractivity contribution in [3.63, 3.8) is 0 Å². The van der Waals surface area contributed by atoms with Gasteiger partial charge in [-0.1, -0.05) is 0 Å². The summed E-state index contributed by atoms with van der Waals surface area (Å²) < 4.78 is 19.4. The maximum atomic E-state index is 14.0. The van der Waals surface area contributed by atoms with E-state index in [0.29, 0.717) is 31.0 Å². The van der Waals surface area contributed by atoms with Gasteiger partial charge in [0.05, 0.1) is 12.2 Å². The summed E-state index contributed by atoms with van der Waals surface area (Å²) in [4.78, 5) is 3.93. The first-order chi connectivity index (χ1) is 6.76. The maximum Gasteiger partial charge on any atom is 0.165 e. The van der Waals surface area contributed by atoms with Crippen LogP contribution < -0.4 is 10.1 Å². The molecule has 1 aromatic heterocycles. The molecule has 0 unspecified atom stereocenters. The Morgan fingerprint density at radius 2 is 2.43 bits per heavy atom. The number of halogens is 1. The number of nitrogens with zero attached hydrogens (tertiary/aromatic N) is 1. The molecule has 0 amide bonds. The van der Waals surface area contributed by atoms with Crippen LogP contribution in [0.5, 0.6) is 5.75 Å². The van der Waals surface area contributed by atoms with Gasteiger partial charge in [-0.3, -0.25) is 4.98 Å². The van der Waals surface area contributed by atoms with Crippen LogP contribution in [0.25, 0.3) is 0 Å². The molecule has 1 saturated heterocycles. The standard InChI is InChI=1S/C10H13FN2O/c1-2-14-9-3-4-12-5-8(9)10(11)6-13-7-10/h3-5,13H,2,6-7H2,1H3. The van der Waals surface area contributed by atoms with Crippen molar-refractivity contribution in [1.82, 2.24) is 10.3 Å². The normalized spacial score (nSPS) is 18.7. The fourth-order valence-electron chi connectivity index (χ4n) is 1.53. The maximum absolute atomic E-state index is 14.0. The lowest BCUT2D eigenvalue weighted by Crippen LogP contribution is -2.53. The van der Waals surface area contributed by atoms with E-state index < -0.39 is 5.67 Å². The number of ether oxygens (including phenoxy) is 1. The first-order valence-electron chi connectivity index (χ1n) is 4.73. The quantitative estimate of drug-likeness (QED) is 0.790. The second kappa shape index (κ2) is 3.53. The number of rotatable bonds is 3. The van der Waals surface area contributed by atoms with Gasteiger partial charge in [-0.05, 0) is 13.0 Å². The highest BCUT2D eigenvalue weighted by atomic mass is 19.1. The molecule has 1 aliphatic rings. The smallest absolute Gasteiger partial charge is 0.165 e. The van der Waals surface area contributed by atoms with Crippen molar-refractivity contribution in [1.29, 1.82) is 0 Å². The molecule has 76 valence electrons. The van der Waals surface area contributed by atoms with Crippen LogP contribution in [0.3, 0.4) is 0 Å². The van der Waals surface area contributed by atoms with Gasteiger partial charge in [-0.2, -0.15) is 0 Å². The summed E-state index contributed by atoms with van der Waals surface area (Å²) in [7, 11) is 0. The van der Waals surface area contributed by atoms with Crippen LogP contribution in [-0.4, -0.2) is 24.7 Å². The molecule has 0 saturated carbocycles. The summed E-state index contributed by atoms with van der Waals surface area (Å²) in [5.74, 6) is 0.603. The van der Waals surface area contributed by atoms with E-state index in [4.69, 9.17) is 4.74 Å². The van der Waals surface area contributed by atoms with Crippen LogP contribution in [0.15, 0.2) is 18.5 Å². The molecule has 0 atom stereocenters. The van der Waals surface area contributed by atoms with E-state index in [-0.39, 0.29) is 0 Å². The van der Waals surface area contributed by atoms with E-state index in [1.54, 1.807) is 18.5 Å². The third-order valence-electron chi connectivity index (χ3n) is 2.37. The molecule has 4 heteroatoms. The Hall–Kier alpha value is -1.16. The van der Waals surface area contributed by atoms with Crippen LogP contribution in [0.2, 0.25) is 0 Å². The van der Waals surface area contributed by atoms with Gasteiger partial charge < -0.3 is 10.1 Å². The molecule has 14 heavy (non-hydrogen) atoms. The molecule has 3 nitrogen and oxygen atoms in total. The van der Waals surface area contributed by atoms with Gasteiger partial charge in [0, 0.05) is 25.5 Å². The number of alkyl halides is 1. The summed E-state index contributed by atoms with van der Waals surface area (Å²) in [6, 6.07) is 1.71. The van der Waals surface area contributed by atoms with Crippen molar-refractivity contribution < 1.29 is 9.13 Å². The Morgan fingerprint density at radius 3 is 3.00 bits per heavy atom. The van der Waals surface area contributed by atoms with Crippen LogP contribution in [0.1, 0.15) is 12.5 Å². The van der Waals surface area contributed by atoms with Crippen molar-refractivity contribution in [2.75, 3.05) is 19.7 Å². The zero-order valence-corrected chi connectivity index (χ0v) is 8.09. The Bertz CT molecular complexity index is 326. The molecule has 2 rings (SSSR count). The van der Waals surface area contributed by atoms with Crippen LogP contribution >= 0.6 is 0 Å². The summed E-state index contributed by atoms with van der Waals surface area (Å²) in [5.41, 5.74) is -0.737. The highest BCUT2D eigenvalue weighted by molar-refractivity contribution is 5.37. The molecular weight excluding hydrogens is 183 g/mol. The molecule has 0 bridgehead atoms. The molecule has 0 aromatic carbocycles. The van der Waals surface area contributed by atoms with Gasteiger partial charge in [0.25, 0.3) is 0 Å². The lowest BCUT2D eigenvalue weighted by Gasteiger charge is -2.35. The zero-order chi connectivity index (χ0) is 10.0. The molecule has 0 aliphatic carbocycles. The monoisotopic (exact) mass is 196 g/mol. The molecule has 0 spiro atoms. The van der Waals surface area contributed by atoms with Crippen molar-refractivity contribution in [3.05, 3.63) is 24.0 Å². The third kappa shape index (κ3) is 1.46. The summed E-state index contributed by atoms with van der Waals surface area (Å²) in [6.45, 7) is 3.12. The summed E-state index contributed by atoms with van der Waals surface area (Å²) >= 11 is 0. The van der Waals surface area contributed by atoms with Gasteiger partial charge in [0.15, 0.2) is 5.67 Å². The van der Waals surface area contributed by atoms with E-state index in [1.165, 1.54) is 0 Å². The van der Waals surface area contributed by atoms with Gasteiger partial charge in [-0.15, -0.1) is 0 Å². The van der Waals surface area contributed by atoms with Gasteiger partial charge in [0.1, 0.15) is 5.75 Å². The van der Waals surface area contributed by atoms with Crippen molar-refractivity contribution in [3.8, 4) is 5.75 Å². The first-order valence-corrected chi connectivity index (χ1v) is 4.73. The topological polar surface area (TPSA) is 34.1 Å². The van der Waals surface area contributed by atoms with Gasteiger partial charge in [-0.25, -0.2) is 4.39 Å². The zero-order valence-electron chi connectivity index (χ0n) is 8.09. The average molecular weight is 196 g/mol. The SMILES string of the molecule is CCOc1ccncc1C1(F)CNC1. The second-order valence-electron chi connectivity index (χ2n) is 3.37. The second-order valence-corrected chi connectivity index (χ2v) is 3.37. The highest BCUT2D eigenvalue weighted by Crippen LogP contribution is 2.35. The van der Waals surface area contributed by atoms with E-state index in [1.807, 2.05) is 6.92 Å². The Kier molecular flexibility index (Phi) is 2.37. The Balaban J connectivity index is 2.31. The highest BCUT2D eigenvalue weighted by Gasteiger charge is 2.41. The fraction of sp³-hybridized carbons (Fsp3) is 0.500. The van der Waals surface area contributed by atoms with Crippen LogP contribution in [0.4, 0.5) is 4.39 Å². The molecule has 1 N–H and O–H groups in total. The first kappa shape index (κ1) is 9.40. The van der Waals surface area contributed by atoms with Crippen LogP contribution in [-0.2, 0) is 5.67 Å². The minimum Gasteiger partial charge on any atom is -0.493 e. The minimum atomic E-state index is -1.29. The number of nitrogens with one attached hydrogen (secondary N) is 1. The molecule has 0 radical (unpaired) electrons. The lowest BCUT2D eigenvalue weighted by molar-refractivity contribution is 0.0845. The molecule has 1 fully saturated rings. The Labute approximate surface area is 82.3 Å². The third-order valence-corrected chi connectivity index (χ3v) is 2.37. The van der Waals surface area contributed by atoms with Crippen LogP contribution in [0, 0.1) is 0 Å². The van der Waals surface area contributed by atoms with Crippen molar-refractivity contribution in [2.24, 2.45) is 0 Å². The molecule has 2 heterocycles. The van der Waals surface area contributed by atoms with E-state index >= 15 is 0 Å². The predicted octanol–water partition coefficient (Wildman–Crippen LogP) is 1.25. The average Bonchev–Trinajstić information content (AvgIpc) is 2.16. The number of hydrogen-bond acceptors (Lipinski definition) is 3. The summed E-state index contributed by atoms with van der Waals surface area (Å²) in [5, 5.41) is 2.91. The van der Waals surface area contributed by atoms with Gasteiger partial charge >= 0.3 is 0 Å². The van der Waals surface area contributed by atoms with E-state index in [0.717, 1.165) is 0 Å².